The third-order valence-corrected chi connectivity index (χ3v) is 3.92. The van der Waals surface area contributed by atoms with Crippen LogP contribution in [0.2, 0.25) is 5.02 Å². The van der Waals surface area contributed by atoms with Crippen molar-refractivity contribution in [1.82, 2.24) is 0 Å². The lowest BCUT2D eigenvalue weighted by atomic mass is 10.1. The topological polar surface area (TPSA) is 72.7 Å². The van der Waals surface area contributed by atoms with Crippen LogP contribution in [0, 0.1) is 10.1 Å². The summed E-state index contributed by atoms with van der Waals surface area (Å²) in [4.78, 5) is 24.7. The lowest BCUT2D eigenvalue weighted by Gasteiger charge is -2.19. The van der Waals surface area contributed by atoms with Crippen LogP contribution in [0.25, 0.3) is 0 Å². The van der Waals surface area contributed by atoms with Crippen molar-refractivity contribution in [1.29, 1.82) is 0 Å². The molecule has 1 heterocycles. The summed E-state index contributed by atoms with van der Waals surface area (Å²) in [5.41, 5.74) is 0.377. The van der Waals surface area contributed by atoms with Gasteiger partial charge in [-0.15, -0.1) is 0 Å². The molecule has 0 N–H and O–H groups in total. The molecule has 22 heavy (non-hydrogen) atoms. The maximum atomic E-state index is 12.0. The van der Waals surface area contributed by atoms with Gasteiger partial charge >= 0.3 is 5.97 Å². The molecule has 1 aromatic rings. The summed E-state index contributed by atoms with van der Waals surface area (Å²) in [7, 11) is 0. The minimum Gasteiger partial charge on any atom is -0.462 e. The summed E-state index contributed by atoms with van der Waals surface area (Å²) in [6.45, 7) is 3.76. The molecule has 0 saturated carbocycles. The number of esters is 1. The number of rotatable bonds is 6. The Bertz CT molecular complexity index is 571. The van der Waals surface area contributed by atoms with Crippen LogP contribution >= 0.6 is 11.6 Å². The van der Waals surface area contributed by atoms with Gasteiger partial charge in [-0.3, -0.25) is 10.1 Å². The van der Waals surface area contributed by atoms with E-state index in [0.717, 1.165) is 38.8 Å². The second-order valence-corrected chi connectivity index (χ2v) is 5.67. The molecule has 6 nitrogen and oxygen atoms in total. The number of hydrogen-bond acceptors (Lipinski definition) is 5. The predicted molar refractivity (Wildman–Crippen MR) is 84.7 cm³/mol. The van der Waals surface area contributed by atoms with Crippen LogP contribution in [0.4, 0.5) is 11.4 Å². The van der Waals surface area contributed by atoms with Gasteiger partial charge < -0.3 is 9.64 Å². The van der Waals surface area contributed by atoms with Gasteiger partial charge in [-0.2, -0.15) is 0 Å². The number of nitrogens with zero attached hydrogens (tertiary/aromatic N) is 2. The van der Waals surface area contributed by atoms with Crippen molar-refractivity contribution in [3.8, 4) is 0 Å². The van der Waals surface area contributed by atoms with E-state index in [-0.39, 0.29) is 16.3 Å². The number of benzene rings is 1. The van der Waals surface area contributed by atoms with Gasteiger partial charge in [0.05, 0.1) is 22.1 Å². The quantitative estimate of drug-likeness (QED) is 0.344. The molecule has 1 saturated heterocycles. The zero-order chi connectivity index (χ0) is 16.1. The number of hydrogen-bond donors (Lipinski definition) is 0. The van der Waals surface area contributed by atoms with Crippen LogP contribution in [0.15, 0.2) is 12.1 Å². The van der Waals surface area contributed by atoms with Gasteiger partial charge in [-0.1, -0.05) is 24.9 Å². The van der Waals surface area contributed by atoms with E-state index in [1.165, 1.54) is 12.1 Å². The number of unbranched alkanes of at least 4 members (excludes halogenated alkanes) is 1. The molecule has 0 bridgehead atoms. The molecule has 0 amide bonds. The normalized spacial score (nSPS) is 14.2. The Balaban J connectivity index is 2.30. The minimum atomic E-state index is -0.577. The highest BCUT2D eigenvalue weighted by Gasteiger charge is 2.27. The molecule has 0 spiro atoms. The summed E-state index contributed by atoms with van der Waals surface area (Å²) < 4.78 is 5.09. The van der Waals surface area contributed by atoms with Gasteiger partial charge in [-0.05, 0) is 25.3 Å². The van der Waals surface area contributed by atoms with Gasteiger partial charge in [0, 0.05) is 19.2 Å². The second-order valence-electron chi connectivity index (χ2n) is 5.27. The highest BCUT2D eigenvalue weighted by molar-refractivity contribution is 6.34. The number of halogens is 1. The van der Waals surface area contributed by atoms with Gasteiger partial charge in [-0.25, -0.2) is 4.79 Å². The highest BCUT2D eigenvalue weighted by Crippen LogP contribution is 2.38. The Hall–Kier alpha value is -1.82. The van der Waals surface area contributed by atoms with Crippen molar-refractivity contribution < 1.29 is 14.5 Å². The molecule has 1 aromatic carbocycles. The maximum Gasteiger partial charge on any atom is 0.338 e. The van der Waals surface area contributed by atoms with Gasteiger partial charge in [0.25, 0.3) is 5.69 Å². The summed E-state index contributed by atoms with van der Waals surface area (Å²) >= 11 is 6.21. The van der Waals surface area contributed by atoms with Crippen LogP contribution in [0.5, 0.6) is 0 Å². The van der Waals surface area contributed by atoms with Gasteiger partial charge in [0.2, 0.25) is 0 Å². The molecule has 0 radical (unpaired) electrons. The Morgan fingerprint density at radius 2 is 2.09 bits per heavy atom. The average Bonchev–Trinajstić information content (AvgIpc) is 3.00. The average molecular weight is 327 g/mol. The van der Waals surface area contributed by atoms with Crippen LogP contribution in [0.3, 0.4) is 0 Å². The standard InChI is InChI=1S/C15H19ClN2O4/c1-2-3-8-22-15(19)11-9-12(16)14(13(10-11)18(20)21)17-6-4-5-7-17/h9-10H,2-8H2,1H3. The lowest BCUT2D eigenvalue weighted by Crippen LogP contribution is -2.20. The zero-order valence-corrected chi connectivity index (χ0v) is 13.3. The van der Waals surface area contributed by atoms with E-state index < -0.39 is 10.9 Å². The van der Waals surface area contributed by atoms with Crippen LogP contribution in [-0.2, 0) is 4.74 Å². The smallest absolute Gasteiger partial charge is 0.338 e. The molecule has 2 rings (SSSR count). The number of nitro benzene ring substituents is 1. The summed E-state index contributed by atoms with van der Waals surface area (Å²) in [6, 6.07) is 2.71. The van der Waals surface area contributed by atoms with E-state index in [9.17, 15) is 14.9 Å². The largest absolute Gasteiger partial charge is 0.462 e. The van der Waals surface area contributed by atoms with E-state index >= 15 is 0 Å². The third-order valence-electron chi connectivity index (χ3n) is 3.63. The minimum absolute atomic E-state index is 0.121. The van der Waals surface area contributed by atoms with Crippen molar-refractivity contribution in [2.45, 2.75) is 32.6 Å². The molecule has 0 atom stereocenters. The fourth-order valence-electron chi connectivity index (χ4n) is 2.49. The van der Waals surface area contributed by atoms with Crippen LogP contribution < -0.4 is 4.90 Å². The molecule has 7 heteroatoms. The fourth-order valence-corrected chi connectivity index (χ4v) is 2.82. The van der Waals surface area contributed by atoms with Crippen molar-refractivity contribution in [3.63, 3.8) is 0 Å². The highest BCUT2D eigenvalue weighted by atomic mass is 35.5. The molecule has 120 valence electrons. The Morgan fingerprint density at radius 3 is 2.68 bits per heavy atom. The Labute approximate surface area is 134 Å². The fraction of sp³-hybridized carbons (Fsp3) is 0.533. The van der Waals surface area contributed by atoms with Crippen LogP contribution in [-0.4, -0.2) is 30.6 Å². The molecular formula is C15H19ClN2O4. The second kappa shape index (κ2) is 7.45. The molecule has 1 aliphatic rings. The number of anilines is 1. The first-order valence-corrected chi connectivity index (χ1v) is 7.82. The van der Waals surface area contributed by atoms with E-state index in [1.54, 1.807) is 0 Å². The third kappa shape index (κ3) is 3.68. The number of carbonyl (C=O) groups is 1. The summed E-state index contributed by atoms with van der Waals surface area (Å²) in [6.07, 6.45) is 3.62. The SMILES string of the molecule is CCCCOC(=O)c1cc(Cl)c(N2CCCC2)c([N+](=O)[O-])c1. The summed E-state index contributed by atoms with van der Waals surface area (Å²) in [5.74, 6) is -0.577. The first kappa shape index (κ1) is 16.5. The van der Waals surface area contributed by atoms with Gasteiger partial charge in [0.15, 0.2) is 0 Å². The first-order chi connectivity index (χ1) is 10.5. The number of carbonyl (C=O) groups excluding carboxylic acids is 1. The number of ether oxygens (including phenoxy) is 1. The molecular weight excluding hydrogens is 308 g/mol. The van der Waals surface area contributed by atoms with E-state index in [0.29, 0.717) is 12.3 Å². The molecule has 0 unspecified atom stereocenters. The maximum absolute atomic E-state index is 12.0. The van der Waals surface area contributed by atoms with Crippen molar-refractivity contribution in [3.05, 3.63) is 32.8 Å². The molecule has 1 fully saturated rings. The first-order valence-electron chi connectivity index (χ1n) is 7.44. The lowest BCUT2D eigenvalue weighted by molar-refractivity contribution is -0.384. The van der Waals surface area contributed by atoms with Crippen molar-refractivity contribution >= 4 is 28.9 Å². The molecule has 0 aliphatic carbocycles. The predicted octanol–water partition coefficient (Wildman–Crippen LogP) is 3.81. The number of nitro groups is 1. The van der Waals surface area contributed by atoms with E-state index in [2.05, 4.69) is 0 Å². The van der Waals surface area contributed by atoms with Crippen molar-refractivity contribution in [2.24, 2.45) is 0 Å². The Morgan fingerprint density at radius 1 is 1.41 bits per heavy atom. The molecule has 1 aliphatic heterocycles. The van der Waals surface area contributed by atoms with Crippen LogP contribution in [0.1, 0.15) is 43.0 Å². The zero-order valence-electron chi connectivity index (χ0n) is 12.5. The monoisotopic (exact) mass is 326 g/mol. The van der Waals surface area contributed by atoms with Gasteiger partial charge in [0.1, 0.15) is 5.69 Å². The van der Waals surface area contributed by atoms with E-state index in [1.807, 2.05) is 11.8 Å². The summed E-state index contributed by atoms with van der Waals surface area (Å²) in [5, 5.41) is 11.6. The van der Waals surface area contributed by atoms with Crippen molar-refractivity contribution in [2.75, 3.05) is 24.6 Å². The Kier molecular flexibility index (Phi) is 5.60. The van der Waals surface area contributed by atoms with E-state index in [4.69, 9.17) is 16.3 Å². The molecule has 0 aromatic heterocycles.